The van der Waals surface area contributed by atoms with Gasteiger partial charge in [0.15, 0.2) is 11.5 Å². The molecule has 186 valence electrons. The fourth-order valence-corrected chi connectivity index (χ4v) is 3.63. The average molecular weight is 485 g/mol. The van der Waals surface area contributed by atoms with Crippen LogP contribution in [-0.4, -0.2) is 62.2 Å². The molecule has 2 aromatic carbocycles. The largest absolute Gasteiger partial charge is 0.493 e. The third-order valence-electron chi connectivity index (χ3n) is 5.59. The number of benzene rings is 2. The molecular weight excluding hydrogens is 456 g/mol. The molecule has 1 atom stereocenters. The van der Waals surface area contributed by atoms with Crippen LogP contribution in [0.5, 0.6) is 17.2 Å². The molecule has 0 spiro atoms. The fraction of sp³-hybridized carbons (Fsp3) is 0.333. The first kappa shape index (κ1) is 25.3. The van der Waals surface area contributed by atoms with Crippen LogP contribution in [0.2, 0.25) is 0 Å². The summed E-state index contributed by atoms with van der Waals surface area (Å²) in [5.74, 6) is -1.06. The Bertz CT molecular complexity index is 1100. The Morgan fingerprint density at radius 3 is 2.20 bits per heavy atom. The monoisotopic (exact) mass is 484 g/mol. The first-order chi connectivity index (χ1) is 16.7. The summed E-state index contributed by atoms with van der Waals surface area (Å²) in [4.78, 5) is 50.2. The van der Waals surface area contributed by atoms with E-state index in [1.165, 1.54) is 33.5 Å². The number of carbonyl (C=O) groups excluding carboxylic acids is 4. The van der Waals surface area contributed by atoms with Gasteiger partial charge < -0.3 is 24.8 Å². The molecule has 11 nitrogen and oxygen atoms in total. The number of aryl methyl sites for hydroxylation is 1. The third kappa shape index (κ3) is 5.62. The van der Waals surface area contributed by atoms with Gasteiger partial charge >= 0.3 is 6.03 Å². The van der Waals surface area contributed by atoms with E-state index >= 15 is 0 Å². The summed E-state index contributed by atoms with van der Waals surface area (Å²) < 4.78 is 15.7. The van der Waals surface area contributed by atoms with Crippen LogP contribution in [0, 0.1) is 0 Å². The van der Waals surface area contributed by atoms with E-state index in [2.05, 4.69) is 16.1 Å². The van der Waals surface area contributed by atoms with Crippen molar-refractivity contribution in [2.45, 2.75) is 25.3 Å². The van der Waals surface area contributed by atoms with Gasteiger partial charge in [-0.3, -0.25) is 19.8 Å². The summed E-state index contributed by atoms with van der Waals surface area (Å²) in [6, 6.07) is 11.7. The van der Waals surface area contributed by atoms with Crippen molar-refractivity contribution in [1.82, 2.24) is 21.1 Å². The lowest BCUT2D eigenvalue weighted by Gasteiger charge is -2.21. The number of hydrazine groups is 1. The number of carbonyl (C=O) groups is 4. The first-order valence-electron chi connectivity index (χ1n) is 10.8. The molecule has 5 amide bonds. The molecule has 1 saturated heterocycles. The molecule has 11 heteroatoms. The van der Waals surface area contributed by atoms with Crippen molar-refractivity contribution < 1.29 is 33.4 Å². The maximum absolute atomic E-state index is 12.9. The minimum atomic E-state index is -1.17. The van der Waals surface area contributed by atoms with E-state index < -0.39 is 35.8 Å². The summed E-state index contributed by atoms with van der Waals surface area (Å²) in [7, 11) is 4.27. The molecule has 3 rings (SSSR count). The summed E-state index contributed by atoms with van der Waals surface area (Å²) in [6.45, 7) is 1.13. The quantitative estimate of drug-likeness (QED) is 0.434. The molecule has 35 heavy (non-hydrogen) atoms. The van der Waals surface area contributed by atoms with Crippen molar-refractivity contribution in [3.63, 3.8) is 0 Å². The topological polar surface area (TPSA) is 135 Å². The second kappa shape index (κ2) is 10.8. The van der Waals surface area contributed by atoms with Gasteiger partial charge in [-0.2, -0.15) is 5.01 Å². The normalized spacial score (nSPS) is 17.0. The highest BCUT2D eigenvalue weighted by Crippen LogP contribution is 2.38. The molecule has 0 aliphatic carbocycles. The Balaban J connectivity index is 1.59. The highest BCUT2D eigenvalue weighted by molar-refractivity contribution is 6.08. The SMILES string of the molecule is COc1cc(C(=O)NCC(=O)NN2C(=O)NC(C)(CCc3ccccc3)C2=O)cc(OC)c1OC. The zero-order valence-electron chi connectivity index (χ0n) is 20.0. The molecule has 1 fully saturated rings. The Hall–Kier alpha value is -4.28. The number of ether oxygens (including phenoxy) is 3. The van der Waals surface area contributed by atoms with Crippen LogP contribution >= 0.6 is 0 Å². The molecule has 1 aliphatic heterocycles. The third-order valence-corrected chi connectivity index (χ3v) is 5.59. The lowest BCUT2D eigenvalue weighted by molar-refractivity contribution is -0.138. The van der Waals surface area contributed by atoms with Crippen molar-refractivity contribution in [2.24, 2.45) is 0 Å². The van der Waals surface area contributed by atoms with Crippen molar-refractivity contribution in [3.8, 4) is 17.2 Å². The number of urea groups is 1. The molecule has 3 N–H and O–H groups in total. The van der Waals surface area contributed by atoms with Crippen molar-refractivity contribution in [2.75, 3.05) is 27.9 Å². The fourth-order valence-electron chi connectivity index (χ4n) is 3.63. The number of imide groups is 1. The van der Waals surface area contributed by atoms with E-state index in [0.29, 0.717) is 23.6 Å². The van der Waals surface area contributed by atoms with Gasteiger partial charge in [0.25, 0.3) is 17.7 Å². The van der Waals surface area contributed by atoms with Crippen LogP contribution in [0.25, 0.3) is 0 Å². The van der Waals surface area contributed by atoms with Crippen LogP contribution in [0.3, 0.4) is 0 Å². The predicted octanol–water partition coefficient (Wildman–Crippen LogP) is 1.42. The lowest BCUT2D eigenvalue weighted by atomic mass is 9.93. The minimum Gasteiger partial charge on any atom is -0.493 e. The van der Waals surface area contributed by atoms with Gasteiger partial charge in [0.05, 0.1) is 27.9 Å². The number of nitrogens with zero attached hydrogens (tertiary/aromatic N) is 1. The van der Waals surface area contributed by atoms with Gasteiger partial charge in [-0.1, -0.05) is 30.3 Å². The second-order valence-electron chi connectivity index (χ2n) is 8.02. The van der Waals surface area contributed by atoms with Gasteiger partial charge in [-0.05, 0) is 37.5 Å². The average Bonchev–Trinajstić information content (AvgIpc) is 3.08. The number of hydrogen-bond acceptors (Lipinski definition) is 7. The van der Waals surface area contributed by atoms with Crippen LogP contribution in [0.15, 0.2) is 42.5 Å². The van der Waals surface area contributed by atoms with Crippen LogP contribution < -0.4 is 30.3 Å². The maximum atomic E-state index is 12.9. The molecule has 1 unspecified atom stereocenters. The number of amides is 5. The van der Waals surface area contributed by atoms with Gasteiger partial charge in [-0.25, -0.2) is 4.79 Å². The lowest BCUT2D eigenvalue weighted by Crippen LogP contribution is -2.51. The summed E-state index contributed by atoms with van der Waals surface area (Å²) >= 11 is 0. The van der Waals surface area contributed by atoms with Crippen LogP contribution in [0.4, 0.5) is 4.79 Å². The number of hydrogen-bond donors (Lipinski definition) is 3. The smallest absolute Gasteiger partial charge is 0.344 e. The zero-order valence-corrected chi connectivity index (χ0v) is 20.0. The molecule has 1 heterocycles. The van der Waals surface area contributed by atoms with E-state index in [4.69, 9.17) is 14.2 Å². The van der Waals surface area contributed by atoms with Crippen molar-refractivity contribution >= 4 is 23.8 Å². The van der Waals surface area contributed by atoms with Crippen molar-refractivity contribution in [1.29, 1.82) is 0 Å². The Kier molecular flexibility index (Phi) is 7.80. The maximum Gasteiger partial charge on any atom is 0.344 e. The number of nitrogens with one attached hydrogen (secondary N) is 3. The van der Waals surface area contributed by atoms with Crippen LogP contribution in [-0.2, 0) is 16.0 Å². The minimum absolute atomic E-state index is 0.163. The highest BCUT2D eigenvalue weighted by Gasteiger charge is 2.48. The molecule has 2 aromatic rings. The Labute approximate surface area is 202 Å². The molecule has 0 saturated carbocycles. The van der Waals surface area contributed by atoms with E-state index in [-0.39, 0.29) is 17.1 Å². The zero-order chi connectivity index (χ0) is 25.6. The number of rotatable bonds is 10. The van der Waals surface area contributed by atoms with Crippen molar-refractivity contribution in [3.05, 3.63) is 53.6 Å². The predicted molar refractivity (Wildman–Crippen MR) is 125 cm³/mol. The number of methoxy groups -OCH3 is 3. The van der Waals surface area contributed by atoms with Gasteiger partial charge in [-0.15, -0.1) is 0 Å². The summed E-state index contributed by atoms with van der Waals surface area (Å²) in [5.41, 5.74) is 2.27. The molecular formula is C24H28N4O7. The molecule has 0 radical (unpaired) electrons. The van der Waals surface area contributed by atoms with E-state index in [9.17, 15) is 19.2 Å². The van der Waals surface area contributed by atoms with Gasteiger partial charge in [0.1, 0.15) is 5.54 Å². The molecule has 0 aromatic heterocycles. The standard InChI is InChI=1S/C24H28N4O7/c1-24(11-10-15-8-6-5-7-9-15)22(31)28(23(32)26-24)27-19(29)14-25-21(30)16-12-17(33-2)20(35-4)18(13-16)34-3/h5-9,12-13H,10-11,14H2,1-4H3,(H,25,30)(H,26,32)(H,27,29). The molecule has 0 bridgehead atoms. The van der Waals surface area contributed by atoms with Gasteiger partial charge in [0.2, 0.25) is 5.75 Å². The van der Waals surface area contributed by atoms with Crippen LogP contribution in [0.1, 0.15) is 29.3 Å². The summed E-state index contributed by atoms with van der Waals surface area (Å²) in [5, 5.41) is 5.70. The van der Waals surface area contributed by atoms with E-state index in [1.807, 2.05) is 30.3 Å². The van der Waals surface area contributed by atoms with Gasteiger partial charge in [0, 0.05) is 5.56 Å². The van der Waals surface area contributed by atoms with E-state index in [0.717, 1.165) is 5.56 Å². The van der Waals surface area contributed by atoms with E-state index in [1.54, 1.807) is 6.92 Å². The highest BCUT2D eigenvalue weighted by atomic mass is 16.5. The summed E-state index contributed by atoms with van der Waals surface area (Å²) in [6.07, 6.45) is 0.918. The Morgan fingerprint density at radius 2 is 1.63 bits per heavy atom. The Morgan fingerprint density at radius 1 is 1.00 bits per heavy atom. The first-order valence-corrected chi connectivity index (χ1v) is 10.8. The second-order valence-corrected chi connectivity index (χ2v) is 8.02. The molecule has 1 aliphatic rings.